The molecular formula is C10H16N4O2. The third-order valence-corrected chi connectivity index (χ3v) is 2.23. The van der Waals surface area contributed by atoms with Gasteiger partial charge in [0, 0.05) is 17.9 Å². The highest BCUT2D eigenvalue weighted by molar-refractivity contribution is 5.80. The molecule has 0 aliphatic carbocycles. The molecule has 1 rings (SSSR count). The Hall–Kier alpha value is -1.79. The van der Waals surface area contributed by atoms with Crippen LogP contribution in [0, 0.1) is 0 Å². The summed E-state index contributed by atoms with van der Waals surface area (Å²) in [6, 6.07) is 4.31. The summed E-state index contributed by atoms with van der Waals surface area (Å²) in [5.74, 6) is -0.607. The van der Waals surface area contributed by atoms with Gasteiger partial charge in [-0.15, -0.1) is 0 Å². The number of nitrogens with two attached hydrogens (primary N) is 3. The largest absolute Gasteiger partial charge is 0.399 e. The zero-order chi connectivity index (χ0) is 12.1. The Kier molecular flexibility index (Phi) is 4.10. The number of hydrogen-bond acceptors (Lipinski definition) is 5. The van der Waals surface area contributed by atoms with Crippen LogP contribution in [0.4, 0.5) is 11.4 Å². The molecule has 1 unspecified atom stereocenters. The van der Waals surface area contributed by atoms with E-state index in [0.717, 1.165) is 5.56 Å². The fourth-order valence-electron chi connectivity index (χ4n) is 1.27. The third-order valence-electron chi connectivity index (χ3n) is 2.23. The molecule has 0 aromatic heterocycles. The van der Waals surface area contributed by atoms with Crippen molar-refractivity contribution >= 4 is 17.3 Å². The number of carbonyl (C=O) groups is 1. The predicted molar refractivity (Wildman–Crippen MR) is 62.2 cm³/mol. The summed E-state index contributed by atoms with van der Waals surface area (Å²) in [6.45, 7) is -0.0252. The van der Waals surface area contributed by atoms with E-state index in [1.165, 1.54) is 0 Å². The molecule has 0 radical (unpaired) electrons. The van der Waals surface area contributed by atoms with E-state index in [4.69, 9.17) is 22.3 Å². The van der Waals surface area contributed by atoms with Crippen molar-refractivity contribution in [2.75, 3.05) is 18.1 Å². The molecule has 0 saturated carbocycles. The lowest BCUT2D eigenvalue weighted by atomic mass is 10.1. The topological polar surface area (TPSA) is 127 Å². The molecule has 88 valence electrons. The molecule has 6 heteroatoms. The van der Waals surface area contributed by atoms with Crippen LogP contribution in [-0.4, -0.2) is 23.7 Å². The number of primary amides is 1. The molecule has 0 spiro atoms. The number of nitrogens with one attached hydrogen (secondary N) is 1. The minimum Gasteiger partial charge on any atom is -0.399 e. The van der Waals surface area contributed by atoms with E-state index in [-0.39, 0.29) is 6.61 Å². The van der Waals surface area contributed by atoms with Crippen LogP contribution in [0.5, 0.6) is 0 Å². The first-order valence-electron chi connectivity index (χ1n) is 4.82. The number of benzene rings is 1. The van der Waals surface area contributed by atoms with Gasteiger partial charge in [-0.1, -0.05) is 0 Å². The lowest BCUT2D eigenvalue weighted by molar-refractivity contribution is -0.120. The number of nitrogen functional groups attached to an aromatic ring is 2. The smallest absolute Gasteiger partial charge is 0.236 e. The van der Waals surface area contributed by atoms with Crippen molar-refractivity contribution in [2.24, 2.45) is 5.73 Å². The van der Waals surface area contributed by atoms with Gasteiger partial charge in [-0.3, -0.25) is 10.1 Å². The van der Waals surface area contributed by atoms with E-state index in [2.05, 4.69) is 5.32 Å². The average molecular weight is 224 g/mol. The summed E-state index contributed by atoms with van der Waals surface area (Å²) in [4.78, 5) is 10.8. The average Bonchev–Trinajstić information content (AvgIpc) is 2.23. The Balaban J connectivity index is 2.66. The van der Waals surface area contributed by atoms with E-state index < -0.39 is 11.9 Å². The Morgan fingerprint density at radius 1 is 1.44 bits per heavy atom. The molecule has 16 heavy (non-hydrogen) atoms. The first-order valence-corrected chi connectivity index (χ1v) is 4.82. The standard InChI is InChI=1S/C10H16N4O2/c11-7-1-2-8(12)6(3-7)4-14-9(5-15)10(13)16/h1-3,9,14-15H,4-5,11-12H2,(H2,13,16). The lowest BCUT2D eigenvalue weighted by Gasteiger charge is -2.13. The summed E-state index contributed by atoms with van der Waals surface area (Å²) in [7, 11) is 0. The van der Waals surface area contributed by atoms with Crippen LogP contribution in [0.25, 0.3) is 0 Å². The van der Waals surface area contributed by atoms with Gasteiger partial charge in [0.2, 0.25) is 5.91 Å². The Labute approximate surface area is 93.4 Å². The molecule has 0 heterocycles. The molecule has 0 fully saturated rings. The summed E-state index contributed by atoms with van der Waals surface area (Å²) in [5.41, 5.74) is 18.3. The summed E-state index contributed by atoms with van der Waals surface area (Å²) in [5, 5.41) is 11.7. The van der Waals surface area contributed by atoms with Crippen LogP contribution in [0.15, 0.2) is 18.2 Å². The van der Waals surface area contributed by atoms with Crippen molar-refractivity contribution in [3.63, 3.8) is 0 Å². The monoisotopic (exact) mass is 224 g/mol. The minimum atomic E-state index is -0.777. The number of aliphatic hydroxyl groups is 1. The van der Waals surface area contributed by atoms with Gasteiger partial charge in [0.1, 0.15) is 6.04 Å². The van der Waals surface area contributed by atoms with Crippen molar-refractivity contribution in [3.8, 4) is 0 Å². The van der Waals surface area contributed by atoms with Crippen molar-refractivity contribution in [2.45, 2.75) is 12.6 Å². The number of carbonyl (C=O) groups excluding carboxylic acids is 1. The fourth-order valence-corrected chi connectivity index (χ4v) is 1.27. The van der Waals surface area contributed by atoms with Crippen LogP contribution in [0.2, 0.25) is 0 Å². The molecular weight excluding hydrogens is 208 g/mol. The molecule has 1 amide bonds. The van der Waals surface area contributed by atoms with E-state index >= 15 is 0 Å². The van der Waals surface area contributed by atoms with Crippen molar-refractivity contribution < 1.29 is 9.90 Å². The SMILES string of the molecule is NC(=O)C(CO)NCc1cc(N)ccc1N. The number of anilines is 2. The molecule has 0 aliphatic rings. The van der Waals surface area contributed by atoms with Crippen LogP contribution >= 0.6 is 0 Å². The molecule has 0 saturated heterocycles. The second-order valence-electron chi connectivity index (χ2n) is 3.48. The van der Waals surface area contributed by atoms with Crippen LogP contribution in [-0.2, 0) is 11.3 Å². The van der Waals surface area contributed by atoms with Gasteiger partial charge in [-0.25, -0.2) is 0 Å². The van der Waals surface area contributed by atoms with Gasteiger partial charge >= 0.3 is 0 Å². The highest BCUT2D eigenvalue weighted by atomic mass is 16.3. The van der Waals surface area contributed by atoms with Crippen LogP contribution < -0.4 is 22.5 Å². The molecule has 6 nitrogen and oxygen atoms in total. The first-order chi connectivity index (χ1) is 7.54. The van der Waals surface area contributed by atoms with Gasteiger partial charge in [0.15, 0.2) is 0 Å². The van der Waals surface area contributed by atoms with Crippen molar-refractivity contribution in [3.05, 3.63) is 23.8 Å². The van der Waals surface area contributed by atoms with Gasteiger partial charge in [-0.05, 0) is 23.8 Å². The van der Waals surface area contributed by atoms with Crippen LogP contribution in [0.3, 0.4) is 0 Å². The maximum Gasteiger partial charge on any atom is 0.236 e. The maximum absolute atomic E-state index is 10.8. The lowest BCUT2D eigenvalue weighted by Crippen LogP contribution is -2.43. The highest BCUT2D eigenvalue weighted by Crippen LogP contribution is 2.15. The molecule has 1 atom stereocenters. The Bertz CT molecular complexity index is 381. The summed E-state index contributed by atoms with van der Waals surface area (Å²) in [6.07, 6.45) is 0. The first kappa shape index (κ1) is 12.3. The van der Waals surface area contributed by atoms with Gasteiger partial charge in [0.25, 0.3) is 0 Å². The fraction of sp³-hybridized carbons (Fsp3) is 0.300. The molecule has 0 bridgehead atoms. The Morgan fingerprint density at radius 2 is 2.12 bits per heavy atom. The second kappa shape index (κ2) is 5.34. The van der Waals surface area contributed by atoms with Gasteiger partial charge < -0.3 is 22.3 Å². The van der Waals surface area contributed by atoms with Gasteiger partial charge in [-0.2, -0.15) is 0 Å². The Morgan fingerprint density at radius 3 is 2.69 bits per heavy atom. The summed E-state index contributed by atoms with van der Waals surface area (Å²) >= 11 is 0. The summed E-state index contributed by atoms with van der Waals surface area (Å²) < 4.78 is 0. The minimum absolute atomic E-state index is 0.324. The molecule has 1 aromatic carbocycles. The number of aliphatic hydroxyl groups excluding tert-OH is 1. The quantitative estimate of drug-likeness (QED) is 0.401. The zero-order valence-corrected chi connectivity index (χ0v) is 8.81. The van der Waals surface area contributed by atoms with Crippen molar-refractivity contribution in [1.82, 2.24) is 5.32 Å². The third kappa shape index (κ3) is 3.11. The zero-order valence-electron chi connectivity index (χ0n) is 8.81. The van der Waals surface area contributed by atoms with Crippen LogP contribution in [0.1, 0.15) is 5.56 Å². The molecule has 8 N–H and O–H groups in total. The molecule has 0 aliphatic heterocycles. The maximum atomic E-state index is 10.8. The normalized spacial score (nSPS) is 12.3. The van der Waals surface area contributed by atoms with E-state index in [9.17, 15) is 4.79 Å². The second-order valence-corrected chi connectivity index (χ2v) is 3.48. The number of amides is 1. The van der Waals surface area contributed by atoms with E-state index in [1.54, 1.807) is 18.2 Å². The van der Waals surface area contributed by atoms with Crippen molar-refractivity contribution in [1.29, 1.82) is 0 Å². The number of hydrogen-bond donors (Lipinski definition) is 5. The highest BCUT2D eigenvalue weighted by Gasteiger charge is 2.13. The van der Waals surface area contributed by atoms with E-state index in [0.29, 0.717) is 17.9 Å². The molecule has 1 aromatic rings. The van der Waals surface area contributed by atoms with Gasteiger partial charge in [0.05, 0.1) is 6.61 Å². The predicted octanol–water partition coefficient (Wildman–Crippen LogP) is -1.21. The number of rotatable bonds is 5. The van der Waals surface area contributed by atoms with E-state index in [1.807, 2.05) is 0 Å².